The predicted octanol–water partition coefficient (Wildman–Crippen LogP) is 1.09. The number of ether oxygens (including phenoxy) is 1. The third-order valence-corrected chi connectivity index (χ3v) is 2.26. The summed E-state index contributed by atoms with van der Waals surface area (Å²) in [7, 11) is 1.58. The Kier molecular flexibility index (Phi) is 3.46. The minimum Gasteiger partial charge on any atom is -0.383 e. The molecule has 6 heteroatoms. The summed E-state index contributed by atoms with van der Waals surface area (Å²) in [5, 5.41) is 3.83. The normalized spacial score (nSPS) is 12.6. The van der Waals surface area contributed by atoms with Crippen molar-refractivity contribution in [1.82, 2.24) is 15.1 Å². The summed E-state index contributed by atoms with van der Waals surface area (Å²) in [4.78, 5) is 8.33. The summed E-state index contributed by atoms with van der Waals surface area (Å²) in [6.07, 6.45) is 1.70. The van der Waals surface area contributed by atoms with Crippen LogP contribution in [-0.4, -0.2) is 28.8 Å². The van der Waals surface area contributed by atoms with E-state index in [1.165, 1.54) is 0 Å². The van der Waals surface area contributed by atoms with Gasteiger partial charge in [0.05, 0.1) is 12.6 Å². The number of aryl methyl sites for hydroxylation is 1. The van der Waals surface area contributed by atoms with Crippen molar-refractivity contribution in [2.24, 2.45) is 5.73 Å². The van der Waals surface area contributed by atoms with Gasteiger partial charge in [0.2, 0.25) is 0 Å². The molecule has 1 atom stereocenters. The average molecular weight is 234 g/mol. The number of hydrogen-bond donors (Lipinski definition) is 1. The highest BCUT2D eigenvalue weighted by atomic mass is 16.5. The van der Waals surface area contributed by atoms with Crippen LogP contribution in [0.25, 0.3) is 11.5 Å². The molecule has 2 rings (SSSR count). The first-order valence-electron chi connectivity index (χ1n) is 5.22. The maximum absolute atomic E-state index is 5.80. The van der Waals surface area contributed by atoms with Crippen molar-refractivity contribution in [2.75, 3.05) is 13.7 Å². The van der Waals surface area contributed by atoms with E-state index in [-0.39, 0.29) is 6.04 Å². The predicted molar refractivity (Wildman–Crippen MR) is 61.1 cm³/mol. The highest BCUT2D eigenvalue weighted by Gasteiger charge is 2.15. The van der Waals surface area contributed by atoms with Crippen LogP contribution in [0.3, 0.4) is 0 Å². The van der Waals surface area contributed by atoms with Gasteiger partial charge in [-0.2, -0.15) is 4.98 Å². The molecule has 2 N–H and O–H groups in total. The third-order valence-electron chi connectivity index (χ3n) is 2.26. The Labute approximate surface area is 98.8 Å². The summed E-state index contributed by atoms with van der Waals surface area (Å²) in [5.74, 6) is 0.883. The fourth-order valence-electron chi connectivity index (χ4n) is 1.44. The quantitative estimate of drug-likeness (QED) is 0.851. The zero-order valence-corrected chi connectivity index (χ0v) is 9.75. The first kappa shape index (κ1) is 11.7. The van der Waals surface area contributed by atoms with Crippen LogP contribution in [0.4, 0.5) is 0 Å². The van der Waals surface area contributed by atoms with Gasteiger partial charge in [0.25, 0.3) is 5.89 Å². The van der Waals surface area contributed by atoms with Crippen LogP contribution in [0, 0.1) is 6.92 Å². The number of rotatable bonds is 4. The van der Waals surface area contributed by atoms with Crippen molar-refractivity contribution < 1.29 is 9.26 Å². The van der Waals surface area contributed by atoms with Crippen molar-refractivity contribution >= 4 is 0 Å². The second kappa shape index (κ2) is 5.03. The minimum atomic E-state index is -0.375. The van der Waals surface area contributed by atoms with E-state index in [4.69, 9.17) is 15.0 Å². The molecule has 0 saturated heterocycles. The molecule has 2 aromatic rings. The number of pyridine rings is 1. The first-order valence-corrected chi connectivity index (χ1v) is 5.22. The molecule has 90 valence electrons. The number of nitrogens with two attached hydrogens (primary N) is 1. The molecule has 2 aromatic heterocycles. The molecule has 0 aliphatic rings. The highest BCUT2D eigenvalue weighted by Crippen LogP contribution is 2.18. The van der Waals surface area contributed by atoms with Crippen LogP contribution in [0.15, 0.2) is 22.9 Å². The number of nitrogens with zero attached hydrogens (tertiary/aromatic N) is 3. The zero-order chi connectivity index (χ0) is 12.3. The lowest BCUT2D eigenvalue weighted by molar-refractivity contribution is 0.177. The fourth-order valence-corrected chi connectivity index (χ4v) is 1.44. The lowest BCUT2D eigenvalue weighted by Crippen LogP contribution is -2.17. The van der Waals surface area contributed by atoms with E-state index in [1.807, 2.05) is 19.1 Å². The smallest absolute Gasteiger partial charge is 0.258 e. The highest BCUT2D eigenvalue weighted by molar-refractivity contribution is 5.52. The van der Waals surface area contributed by atoms with E-state index in [0.29, 0.717) is 18.3 Å². The van der Waals surface area contributed by atoms with Crippen LogP contribution in [-0.2, 0) is 4.74 Å². The SMILES string of the molecule is COCC(N)c1noc(-c2ccnc(C)c2)n1. The molecule has 0 amide bonds. The van der Waals surface area contributed by atoms with Gasteiger partial charge in [-0.3, -0.25) is 4.98 Å². The Morgan fingerprint density at radius 3 is 3.06 bits per heavy atom. The van der Waals surface area contributed by atoms with Gasteiger partial charge in [0.1, 0.15) is 0 Å². The summed E-state index contributed by atoms with van der Waals surface area (Å²) in [6, 6.07) is 3.31. The molecule has 0 aliphatic carbocycles. The number of aromatic nitrogens is 3. The molecule has 17 heavy (non-hydrogen) atoms. The van der Waals surface area contributed by atoms with E-state index in [9.17, 15) is 0 Å². The van der Waals surface area contributed by atoms with Crippen molar-refractivity contribution in [1.29, 1.82) is 0 Å². The van der Waals surface area contributed by atoms with E-state index in [0.717, 1.165) is 11.3 Å². The first-order chi connectivity index (χ1) is 8.20. The maximum Gasteiger partial charge on any atom is 0.258 e. The third kappa shape index (κ3) is 2.66. The number of hydrogen-bond acceptors (Lipinski definition) is 6. The lowest BCUT2D eigenvalue weighted by Gasteiger charge is -2.03. The molecule has 0 saturated carbocycles. The van der Waals surface area contributed by atoms with Gasteiger partial charge in [-0.15, -0.1) is 0 Å². The summed E-state index contributed by atoms with van der Waals surface area (Å²) >= 11 is 0. The second-order valence-corrected chi connectivity index (χ2v) is 3.71. The minimum absolute atomic E-state index is 0.356. The molecular weight excluding hydrogens is 220 g/mol. The van der Waals surface area contributed by atoms with E-state index >= 15 is 0 Å². The van der Waals surface area contributed by atoms with Crippen molar-refractivity contribution in [3.05, 3.63) is 29.8 Å². The summed E-state index contributed by atoms with van der Waals surface area (Å²) in [5.41, 5.74) is 7.53. The molecule has 0 radical (unpaired) electrons. The summed E-state index contributed by atoms with van der Waals surface area (Å²) < 4.78 is 10.1. The van der Waals surface area contributed by atoms with Crippen LogP contribution in [0.1, 0.15) is 17.6 Å². The van der Waals surface area contributed by atoms with Crippen molar-refractivity contribution in [3.63, 3.8) is 0 Å². The van der Waals surface area contributed by atoms with Gasteiger partial charge >= 0.3 is 0 Å². The monoisotopic (exact) mass is 234 g/mol. The van der Waals surface area contributed by atoms with Crippen LogP contribution >= 0.6 is 0 Å². The Morgan fingerprint density at radius 1 is 1.53 bits per heavy atom. The molecule has 0 fully saturated rings. The molecule has 2 heterocycles. The van der Waals surface area contributed by atoms with E-state index in [2.05, 4.69) is 15.1 Å². The maximum atomic E-state index is 5.80. The Hall–Kier alpha value is -1.79. The molecule has 1 unspecified atom stereocenters. The molecule has 0 aromatic carbocycles. The lowest BCUT2D eigenvalue weighted by atomic mass is 10.2. The van der Waals surface area contributed by atoms with Crippen LogP contribution < -0.4 is 5.73 Å². The largest absolute Gasteiger partial charge is 0.383 e. The molecule has 0 aliphatic heterocycles. The van der Waals surface area contributed by atoms with Crippen LogP contribution in [0.2, 0.25) is 0 Å². The average Bonchev–Trinajstić information content (AvgIpc) is 2.78. The fraction of sp³-hybridized carbons (Fsp3) is 0.364. The van der Waals surface area contributed by atoms with Gasteiger partial charge in [-0.05, 0) is 19.1 Å². The molecular formula is C11H14N4O2. The van der Waals surface area contributed by atoms with Gasteiger partial charge in [-0.1, -0.05) is 5.16 Å². The van der Waals surface area contributed by atoms with Crippen LogP contribution in [0.5, 0.6) is 0 Å². The van der Waals surface area contributed by atoms with Crippen molar-refractivity contribution in [3.8, 4) is 11.5 Å². The standard InChI is InChI=1S/C11H14N4O2/c1-7-5-8(3-4-13-7)11-14-10(15-17-11)9(12)6-16-2/h3-5,9H,6,12H2,1-2H3. The second-order valence-electron chi connectivity index (χ2n) is 3.71. The van der Waals surface area contributed by atoms with Gasteiger partial charge < -0.3 is 15.0 Å². The zero-order valence-electron chi connectivity index (χ0n) is 9.75. The number of methoxy groups -OCH3 is 1. The Morgan fingerprint density at radius 2 is 2.35 bits per heavy atom. The van der Waals surface area contributed by atoms with Crippen molar-refractivity contribution in [2.45, 2.75) is 13.0 Å². The van der Waals surface area contributed by atoms with E-state index in [1.54, 1.807) is 13.3 Å². The summed E-state index contributed by atoms with van der Waals surface area (Å²) in [6.45, 7) is 2.26. The molecule has 0 bridgehead atoms. The topological polar surface area (TPSA) is 87.1 Å². The van der Waals surface area contributed by atoms with Gasteiger partial charge in [0, 0.05) is 24.6 Å². The van der Waals surface area contributed by atoms with Gasteiger partial charge in [0.15, 0.2) is 5.82 Å². The molecule has 6 nitrogen and oxygen atoms in total. The van der Waals surface area contributed by atoms with Gasteiger partial charge in [-0.25, -0.2) is 0 Å². The van der Waals surface area contributed by atoms with E-state index < -0.39 is 0 Å². The Bertz CT molecular complexity index is 498. The molecule has 0 spiro atoms. The Balaban J connectivity index is 2.23.